The molecule has 186 valence electrons. The van der Waals surface area contributed by atoms with Gasteiger partial charge in [-0.25, -0.2) is 4.39 Å². The van der Waals surface area contributed by atoms with Gasteiger partial charge in [-0.3, -0.25) is 29.3 Å². The molecule has 8 nitrogen and oxygen atoms in total. The van der Waals surface area contributed by atoms with Crippen LogP contribution in [-0.4, -0.2) is 56.4 Å². The van der Waals surface area contributed by atoms with Crippen molar-refractivity contribution in [2.24, 2.45) is 7.05 Å². The molecule has 2 saturated heterocycles. The fourth-order valence-corrected chi connectivity index (χ4v) is 5.87. The van der Waals surface area contributed by atoms with E-state index in [1.165, 1.54) is 16.5 Å². The van der Waals surface area contributed by atoms with E-state index in [9.17, 15) is 14.4 Å². The molecule has 1 atom stereocenters. The lowest BCUT2D eigenvalue weighted by atomic mass is 9.87. The molecule has 3 aromatic rings. The molecular weight excluding hydrogens is 461 g/mol. The molecule has 0 bridgehead atoms. The van der Waals surface area contributed by atoms with Gasteiger partial charge in [0.1, 0.15) is 11.9 Å². The van der Waals surface area contributed by atoms with E-state index in [2.05, 4.69) is 33.5 Å². The summed E-state index contributed by atoms with van der Waals surface area (Å²) in [7, 11) is 1.94. The second-order valence-corrected chi connectivity index (χ2v) is 10.1. The van der Waals surface area contributed by atoms with Crippen molar-refractivity contribution >= 4 is 28.6 Å². The number of amides is 3. The van der Waals surface area contributed by atoms with Gasteiger partial charge in [-0.2, -0.15) is 5.10 Å². The Bertz CT molecular complexity index is 1390. The van der Waals surface area contributed by atoms with Crippen LogP contribution in [-0.2, 0) is 29.7 Å². The van der Waals surface area contributed by atoms with Crippen molar-refractivity contribution in [1.82, 2.24) is 24.9 Å². The number of imide groups is 1. The number of piperidine rings is 2. The number of aryl methyl sites for hydroxylation is 1. The first kappa shape index (κ1) is 22.8. The van der Waals surface area contributed by atoms with Gasteiger partial charge in [-0.05, 0) is 67.1 Å². The Morgan fingerprint density at radius 2 is 1.89 bits per heavy atom. The minimum absolute atomic E-state index is 0.0888. The fraction of sp³-hybridized carbons (Fsp3) is 0.407. The third-order valence-corrected chi connectivity index (χ3v) is 7.89. The van der Waals surface area contributed by atoms with Crippen molar-refractivity contribution in [3.63, 3.8) is 0 Å². The van der Waals surface area contributed by atoms with Crippen LogP contribution in [0.15, 0.2) is 36.5 Å². The molecule has 6 rings (SSSR count). The van der Waals surface area contributed by atoms with E-state index in [0.29, 0.717) is 17.5 Å². The first-order valence-electron chi connectivity index (χ1n) is 12.5. The molecule has 36 heavy (non-hydrogen) atoms. The van der Waals surface area contributed by atoms with Crippen molar-refractivity contribution in [3.8, 4) is 0 Å². The molecule has 9 heteroatoms. The Morgan fingerprint density at radius 1 is 1.08 bits per heavy atom. The number of fused-ring (bicyclic) bond motifs is 2. The summed E-state index contributed by atoms with van der Waals surface area (Å²) in [4.78, 5) is 40.6. The molecule has 0 spiro atoms. The summed E-state index contributed by atoms with van der Waals surface area (Å²) in [6.45, 7) is 2.84. The summed E-state index contributed by atoms with van der Waals surface area (Å²) in [6, 6.07) is 8.90. The highest BCUT2D eigenvalue weighted by Gasteiger charge is 2.40. The van der Waals surface area contributed by atoms with Crippen LogP contribution in [0.3, 0.4) is 0 Å². The molecule has 3 amide bonds. The van der Waals surface area contributed by atoms with Crippen molar-refractivity contribution in [3.05, 3.63) is 64.6 Å². The standard InChI is InChI=1S/C27H28FN5O3/c1-31-24-10-16(2-3-18(24)13-29-31)14-32-8-6-17(7-9-32)20-11-19-15-33(27(36)21(19)12-22(20)28)23-4-5-25(34)30-26(23)35/h2-3,10-13,17,23H,4-9,14-15H2,1H3,(H,30,34,35). The van der Waals surface area contributed by atoms with Crippen molar-refractivity contribution in [1.29, 1.82) is 0 Å². The van der Waals surface area contributed by atoms with E-state index in [0.717, 1.165) is 48.9 Å². The first-order chi connectivity index (χ1) is 17.4. The number of carbonyl (C=O) groups excluding carboxylic acids is 3. The fourth-order valence-electron chi connectivity index (χ4n) is 5.87. The molecule has 0 aliphatic carbocycles. The highest BCUT2D eigenvalue weighted by molar-refractivity contribution is 6.05. The topological polar surface area (TPSA) is 87.5 Å². The number of hydrogen-bond acceptors (Lipinski definition) is 5. The minimum atomic E-state index is -0.692. The summed E-state index contributed by atoms with van der Waals surface area (Å²) in [5.74, 6) is -1.39. The SMILES string of the molecule is Cn1ncc2ccc(CN3CCC(c4cc5c(cc4F)C(=O)N(C4CCC(=O)NC4=O)C5)CC3)cc21. The highest BCUT2D eigenvalue weighted by atomic mass is 19.1. The zero-order valence-electron chi connectivity index (χ0n) is 20.2. The molecule has 1 aromatic heterocycles. The van der Waals surface area contributed by atoms with Gasteiger partial charge >= 0.3 is 0 Å². The van der Waals surface area contributed by atoms with Gasteiger partial charge in [0.15, 0.2) is 0 Å². The third-order valence-electron chi connectivity index (χ3n) is 7.89. The predicted molar refractivity (Wildman–Crippen MR) is 130 cm³/mol. The third kappa shape index (κ3) is 3.97. The maximum absolute atomic E-state index is 15.2. The average Bonchev–Trinajstić information content (AvgIpc) is 3.38. The van der Waals surface area contributed by atoms with E-state index in [4.69, 9.17) is 0 Å². The second kappa shape index (κ2) is 8.81. The van der Waals surface area contributed by atoms with Crippen LogP contribution in [0.4, 0.5) is 4.39 Å². The maximum Gasteiger partial charge on any atom is 0.255 e. The predicted octanol–water partition coefficient (Wildman–Crippen LogP) is 2.85. The van der Waals surface area contributed by atoms with Gasteiger partial charge in [-0.1, -0.05) is 18.2 Å². The number of benzene rings is 2. The lowest BCUT2D eigenvalue weighted by Gasteiger charge is -2.32. The Kier molecular flexibility index (Phi) is 5.59. The Hall–Kier alpha value is -3.59. The zero-order chi connectivity index (χ0) is 25.0. The van der Waals surface area contributed by atoms with E-state index < -0.39 is 11.9 Å². The monoisotopic (exact) mass is 489 g/mol. The normalized spacial score (nSPS) is 21.3. The molecule has 2 aromatic carbocycles. The van der Waals surface area contributed by atoms with Gasteiger partial charge in [0.05, 0.1) is 11.7 Å². The number of likely N-dealkylation sites (tertiary alicyclic amines) is 1. The molecule has 4 heterocycles. The number of rotatable bonds is 4. The number of hydrogen-bond donors (Lipinski definition) is 1. The summed E-state index contributed by atoms with van der Waals surface area (Å²) in [6.07, 6.45) is 4.05. The van der Waals surface area contributed by atoms with E-state index in [-0.39, 0.29) is 36.5 Å². The Labute approximate surface area is 208 Å². The highest BCUT2D eigenvalue weighted by Crippen LogP contribution is 2.35. The molecule has 0 radical (unpaired) electrons. The number of halogens is 1. The van der Waals surface area contributed by atoms with Crippen LogP contribution in [0.5, 0.6) is 0 Å². The van der Waals surface area contributed by atoms with Gasteiger partial charge in [0.2, 0.25) is 11.8 Å². The van der Waals surface area contributed by atoms with Crippen LogP contribution >= 0.6 is 0 Å². The van der Waals surface area contributed by atoms with Crippen LogP contribution in [0, 0.1) is 5.82 Å². The van der Waals surface area contributed by atoms with E-state index >= 15 is 4.39 Å². The first-order valence-corrected chi connectivity index (χ1v) is 12.5. The van der Waals surface area contributed by atoms with Crippen LogP contribution in [0.2, 0.25) is 0 Å². The summed E-state index contributed by atoms with van der Waals surface area (Å²) >= 11 is 0. The Balaban J connectivity index is 1.13. The largest absolute Gasteiger partial charge is 0.322 e. The molecule has 1 N–H and O–H groups in total. The maximum atomic E-state index is 15.2. The summed E-state index contributed by atoms with van der Waals surface area (Å²) in [5, 5.41) is 7.74. The number of nitrogens with one attached hydrogen (secondary N) is 1. The smallest absolute Gasteiger partial charge is 0.255 e. The van der Waals surface area contributed by atoms with Gasteiger partial charge in [0.25, 0.3) is 5.91 Å². The summed E-state index contributed by atoms with van der Waals surface area (Å²) < 4.78 is 17.1. The van der Waals surface area contributed by atoms with Crippen LogP contribution < -0.4 is 5.32 Å². The quantitative estimate of drug-likeness (QED) is 0.570. The number of aromatic nitrogens is 2. The van der Waals surface area contributed by atoms with Crippen molar-refractivity contribution in [2.75, 3.05) is 13.1 Å². The lowest BCUT2D eigenvalue weighted by Crippen LogP contribution is -2.52. The zero-order valence-corrected chi connectivity index (χ0v) is 20.2. The number of nitrogens with zero attached hydrogens (tertiary/aromatic N) is 4. The average molecular weight is 490 g/mol. The van der Waals surface area contributed by atoms with Gasteiger partial charge in [-0.15, -0.1) is 0 Å². The number of carbonyl (C=O) groups is 3. The molecular formula is C27H28FN5O3. The van der Waals surface area contributed by atoms with Crippen molar-refractivity contribution < 1.29 is 18.8 Å². The molecule has 0 saturated carbocycles. The van der Waals surface area contributed by atoms with Gasteiger partial charge < -0.3 is 4.90 Å². The van der Waals surface area contributed by atoms with E-state index in [1.54, 1.807) is 0 Å². The minimum Gasteiger partial charge on any atom is -0.322 e. The molecule has 3 aliphatic rings. The second-order valence-electron chi connectivity index (χ2n) is 10.1. The molecule has 3 aliphatic heterocycles. The van der Waals surface area contributed by atoms with Crippen LogP contribution in [0.25, 0.3) is 10.9 Å². The molecule has 2 fully saturated rings. The summed E-state index contributed by atoms with van der Waals surface area (Å²) in [5.41, 5.74) is 4.09. The van der Waals surface area contributed by atoms with Crippen molar-refractivity contribution in [2.45, 2.75) is 50.7 Å². The van der Waals surface area contributed by atoms with Gasteiger partial charge in [0, 0.05) is 37.5 Å². The van der Waals surface area contributed by atoms with E-state index in [1.807, 2.05) is 24.0 Å². The van der Waals surface area contributed by atoms with Crippen LogP contribution in [0.1, 0.15) is 58.6 Å². The Morgan fingerprint density at radius 3 is 2.67 bits per heavy atom. The lowest BCUT2D eigenvalue weighted by molar-refractivity contribution is -0.136. The molecule has 1 unspecified atom stereocenters.